The van der Waals surface area contributed by atoms with Crippen LogP contribution in [0.5, 0.6) is 0 Å². The van der Waals surface area contributed by atoms with E-state index in [0.717, 1.165) is 0 Å². The summed E-state index contributed by atoms with van der Waals surface area (Å²) in [5.74, 6) is -2.49. The first-order chi connectivity index (χ1) is 6.41. The van der Waals surface area contributed by atoms with Crippen LogP contribution in [0.25, 0.3) is 0 Å². The molecule has 0 radical (unpaired) electrons. The second kappa shape index (κ2) is 3.79. The first-order valence-corrected chi connectivity index (χ1v) is 5.62. The first-order valence-electron chi connectivity index (χ1n) is 3.80. The van der Waals surface area contributed by atoms with Crippen LogP contribution in [-0.4, -0.2) is 35.0 Å². The molecule has 1 N–H and O–H groups in total. The van der Waals surface area contributed by atoms with Gasteiger partial charge in [0.25, 0.3) is 0 Å². The van der Waals surface area contributed by atoms with Crippen molar-refractivity contribution < 1.29 is 18.3 Å². The molecular weight excluding hydrogens is 208 g/mol. The zero-order chi connectivity index (χ0) is 10.8. The van der Waals surface area contributed by atoms with Gasteiger partial charge in [0.15, 0.2) is 9.84 Å². The van der Waals surface area contributed by atoms with Crippen LogP contribution in [0.3, 0.4) is 0 Å². The number of carbonyl (C=O) groups is 1. The molecule has 78 valence electrons. The molecule has 0 spiro atoms. The topological polar surface area (TPSA) is 89.3 Å². The van der Waals surface area contributed by atoms with E-state index < -0.39 is 21.6 Å². The molecule has 0 saturated heterocycles. The standard InChI is InChI=1S/C7H10N2O4S/c1-9-6(2-3-8-9)4-14(12,13)5-7(10)11/h2-3H,4-5H2,1H3,(H,10,11). The van der Waals surface area contributed by atoms with E-state index in [1.165, 1.54) is 10.9 Å². The molecule has 0 aromatic carbocycles. The van der Waals surface area contributed by atoms with Gasteiger partial charge in [-0.1, -0.05) is 0 Å². The van der Waals surface area contributed by atoms with E-state index in [1.807, 2.05) is 0 Å². The second-order valence-electron chi connectivity index (χ2n) is 2.87. The van der Waals surface area contributed by atoms with Gasteiger partial charge >= 0.3 is 5.97 Å². The molecule has 1 rings (SSSR count). The molecule has 0 amide bonds. The number of rotatable bonds is 4. The highest BCUT2D eigenvalue weighted by Gasteiger charge is 2.17. The third kappa shape index (κ3) is 2.84. The molecule has 7 heteroatoms. The highest BCUT2D eigenvalue weighted by atomic mass is 32.2. The van der Waals surface area contributed by atoms with E-state index in [-0.39, 0.29) is 5.75 Å². The van der Waals surface area contributed by atoms with Gasteiger partial charge in [0.05, 0.1) is 11.4 Å². The largest absolute Gasteiger partial charge is 0.480 e. The number of hydrogen-bond donors (Lipinski definition) is 1. The summed E-state index contributed by atoms with van der Waals surface area (Å²) in [7, 11) is -1.98. The summed E-state index contributed by atoms with van der Waals surface area (Å²) in [6.07, 6.45) is 1.46. The molecule has 1 heterocycles. The fourth-order valence-electron chi connectivity index (χ4n) is 1.01. The Bertz CT molecular complexity index is 434. The molecule has 0 fully saturated rings. The predicted octanol–water partition coefficient (Wildman–Crippen LogP) is -0.581. The van der Waals surface area contributed by atoms with Gasteiger partial charge in [-0.3, -0.25) is 9.48 Å². The van der Waals surface area contributed by atoms with Gasteiger partial charge in [0.1, 0.15) is 5.75 Å². The minimum Gasteiger partial charge on any atom is -0.480 e. The van der Waals surface area contributed by atoms with E-state index >= 15 is 0 Å². The van der Waals surface area contributed by atoms with E-state index in [9.17, 15) is 13.2 Å². The average Bonchev–Trinajstić information content (AvgIpc) is 2.32. The normalized spacial score (nSPS) is 11.5. The molecule has 0 bridgehead atoms. The van der Waals surface area contributed by atoms with Crippen LogP contribution >= 0.6 is 0 Å². The number of nitrogens with zero attached hydrogens (tertiary/aromatic N) is 2. The SMILES string of the molecule is Cn1nccc1CS(=O)(=O)CC(=O)O. The summed E-state index contributed by atoms with van der Waals surface area (Å²) in [4.78, 5) is 10.2. The van der Waals surface area contributed by atoms with Crippen LogP contribution in [0.2, 0.25) is 0 Å². The van der Waals surface area contributed by atoms with Crippen molar-refractivity contribution in [2.45, 2.75) is 5.75 Å². The number of aromatic nitrogens is 2. The average molecular weight is 218 g/mol. The van der Waals surface area contributed by atoms with Crippen molar-refractivity contribution in [3.8, 4) is 0 Å². The number of sulfone groups is 1. The van der Waals surface area contributed by atoms with Crippen LogP contribution < -0.4 is 0 Å². The zero-order valence-electron chi connectivity index (χ0n) is 7.54. The third-order valence-electron chi connectivity index (χ3n) is 1.63. The van der Waals surface area contributed by atoms with Crippen molar-refractivity contribution in [2.75, 3.05) is 5.75 Å². The molecule has 14 heavy (non-hydrogen) atoms. The Morgan fingerprint density at radius 1 is 1.64 bits per heavy atom. The van der Waals surface area contributed by atoms with Gasteiger partial charge in [-0.2, -0.15) is 5.10 Å². The van der Waals surface area contributed by atoms with E-state index in [0.29, 0.717) is 5.69 Å². The minimum absolute atomic E-state index is 0.296. The van der Waals surface area contributed by atoms with Gasteiger partial charge in [0.2, 0.25) is 0 Å². The molecule has 0 unspecified atom stereocenters. The van der Waals surface area contributed by atoms with Crippen molar-refractivity contribution in [2.24, 2.45) is 7.05 Å². The summed E-state index contributed by atoms with van der Waals surface area (Å²) in [6, 6.07) is 1.54. The molecule has 0 aliphatic carbocycles. The van der Waals surface area contributed by atoms with Crippen molar-refractivity contribution in [3.05, 3.63) is 18.0 Å². The molecule has 1 aromatic rings. The third-order valence-corrected chi connectivity index (χ3v) is 3.06. The van der Waals surface area contributed by atoms with Crippen LogP contribution in [-0.2, 0) is 27.4 Å². The maximum Gasteiger partial charge on any atom is 0.318 e. The number of aliphatic carboxylic acids is 1. The lowest BCUT2D eigenvalue weighted by atomic mass is 10.5. The number of carboxylic acids is 1. The van der Waals surface area contributed by atoms with Gasteiger partial charge in [-0.25, -0.2) is 8.42 Å². The minimum atomic E-state index is -3.59. The summed E-state index contributed by atoms with van der Waals surface area (Å²) < 4.78 is 23.9. The second-order valence-corrected chi connectivity index (χ2v) is 4.94. The van der Waals surface area contributed by atoms with Crippen molar-refractivity contribution in [1.82, 2.24) is 9.78 Å². The van der Waals surface area contributed by atoms with Crippen LogP contribution in [0, 0.1) is 0 Å². The Morgan fingerprint density at radius 3 is 2.71 bits per heavy atom. The van der Waals surface area contributed by atoms with E-state index in [4.69, 9.17) is 5.11 Å². The quantitative estimate of drug-likeness (QED) is 0.730. The lowest BCUT2D eigenvalue weighted by molar-refractivity contribution is -0.134. The molecule has 0 aliphatic heterocycles. The molecule has 0 saturated carbocycles. The lowest BCUT2D eigenvalue weighted by Gasteiger charge is -2.01. The van der Waals surface area contributed by atoms with Crippen molar-refractivity contribution in [3.63, 3.8) is 0 Å². The molecule has 0 aliphatic rings. The summed E-state index contributed by atoms with van der Waals surface area (Å²) in [5, 5.41) is 12.1. The Kier molecular flexibility index (Phi) is 2.90. The fraction of sp³-hybridized carbons (Fsp3) is 0.429. The summed E-state index contributed by atoms with van der Waals surface area (Å²) in [5.41, 5.74) is 0.478. The molecule has 0 atom stereocenters. The molecule has 6 nitrogen and oxygen atoms in total. The van der Waals surface area contributed by atoms with Crippen LogP contribution in [0.4, 0.5) is 0 Å². The van der Waals surface area contributed by atoms with Crippen LogP contribution in [0.1, 0.15) is 5.69 Å². The van der Waals surface area contributed by atoms with Crippen LogP contribution in [0.15, 0.2) is 12.3 Å². The fourth-order valence-corrected chi connectivity index (χ4v) is 2.22. The maximum atomic E-state index is 11.2. The Balaban J connectivity index is 2.79. The van der Waals surface area contributed by atoms with Crippen molar-refractivity contribution in [1.29, 1.82) is 0 Å². The zero-order valence-corrected chi connectivity index (χ0v) is 8.36. The molecule has 1 aromatic heterocycles. The highest BCUT2D eigenvalue weighted by molar-refractivity contribution is 7.91. The van der Waals surface area contributed by atoms with Gasteiger partial charge < -0.3 is 5.11 Å². The predicted molar refractivity (Wildman–Crippen MR) is 48.3 cm³/mol. The Labute approximate surface area is 81.1 Å². The highest BCUT2D eigenvalue weighted by Crippen LogP contribution is 2.04. The van der Waals surface area contributed by atoms with Gasteiger partial charge in [-0.05, 0) is 6.07 Å². The smallest absolute Gasteiger partial charge is 0.318 e. The van der Waals surface area contributed by atoms with Gasteiger partial charge in [-0.15, -0.1) is 0 Å². The number of hydrogen-bond acceptors (Lipinski definition) is 4. The lowest BCUT2D eigenvalue weighted by Crippen LogP contribution is -2.18. The summed E-state index contributed by atoms with van der Waals surface area (Å²) >= 11 is 0. The van der Waals surface area contributed by atoms with E-state index in [2.05, 4.69) is 5.10 Å². The Hall–Kier alpha value is -1.37. The monoisotopic (exact) mass is 218 g/mol. The summed E-state index contributed by atoms with van der Waals surface area (Å²) in [6.45, 7) is 0. The first kappa shape index (κ1) is 10.7. The molecular formula is C7H10N2O4S. The maximum absolute atomic E-state index is 11.2. The number of carboxylic acid groups (broad SMARTS) is 1. The van der Waals surface area contributed by atoms with E-state index in [1.54, 1.807) is 13.1 Å². The van der Waals surface area contributed by atoms with Crippen molar-refractivity contribution >= 4 is 15.8 Å². The Morgan fingerprint density at radius 2 is 2.29 bits per heavy atom. The number of aryl methyl sites for hydroxylation is 1. The van der Waals surface area contributed by atoms with Gasteiger partial charge in [0, 0.05) is 13.2 Å².